The highest BCUT2D eigenvalue weighted by molar-refractivity contribution is 5.51. The van der Waals surface area contributed by atoms with Crippen molar-refractivity contribution in [1.82, 2.24) is 0 Å². The van der Waals surface area contributed by atoms with Gasteiger partial charge < -0.3 is 0 Å². The van der Waals surface area contributed by atoms with Gasteiger partial charge in [0, 0.05) is 0 Å². The van der Waals surface area contributed by atoms with Crippen LogP contribution in [0.25, 0.3) is 0 Å². The molecule has 2 nitrogen and oxygen atoms in total. The van der Waals surface area contributed by atoms with E-state index in [1.54, 1.807) is 5.57 Å². The monoisotopic (exact) mass is 398 g/mol. The summed E-state index contributed by atoms with van der Waals surface area (Å²) in [5.41, 5.74) is 7.12. The first-order chi connectivity index (χ1) is 14.6. The minimum Gasteiger partial charge on any atom is -0.192 e. The number of nitrogens with zero attached hydrogens (tertiary/aromatic N) is 2. The summed E-state index contributed by atoms with van der Waals surface area (Å²) in [5.74, 6) is 2.56. The lowest BCUT2D eigenvalue weighted by atomic mass is 9.72. The van der Waals surface area contributed by atoms with Gasteiger partial charge in [-0.1, -0.05) is 55.6 Å². The molecule has 4 atom stereocenters. The van der Waals surface area contributed by atoms with E-state index in [2.05, 4.69) is 50.3 Å². The Labute approximate surface area is 182 Å². The largest absolute Gasteiger partial charge is 0.192 e. The number of fused-ring (bicyclic) bond motifs is 2. The van der Waals surface area contributed by atoms with E-state index >= 15 is 0 Å². The van der Waals surface area contributed by atoms with Crippen LogP contribution in [0.4, 0.5) is 0 Å². The maximum atomic E-state index is 9.44. The molecule has 0 saturated heterocycles. The molecule has 0 aromatic carbocycles. The summed E-state index contributed by atoms with van der Waals surface area (Å²) in [6.45, 7) is 4.54. The minimum absolute atomic E-state index is 0.322. The first-order valence-electron chi connectivity index (χ1n) is 11.9. The average molecular weight is 399 g/mol. The zero-order chi connectivity index (χ0) is 21.1. The molecule has 4 aliphatic carbocycles. The second-order valence-electron chi connectivity index (χ2n) is 9.99. The first-order valence-corrected chi connectivity index (χ1v) is 11.9. The Morgan fingerprint density at radius 1 is 0.767 bits per heavy atom. The number of allylic oxidation sites excluding steroid dienone is 10. The van der Waals surface area contributed by atoms with Crippen LogP contribution in [0.15, 0.2) is 57.7 Å². The quantitative estimate of drug-likeness (QED) is 0.452. The van der Waals surface area contributed by atoms with Gasteiger partial charge in [0.05, 0.1) is 0 Å². The molecule has 4 rings (SSSR count). The molecule has 0 N–H and O–H groups in total. The smallest absolute Gasteiger partial charge is 0.133 e. The third-order valence-corrected chi connectivity index (χ3v) is 7.90. The molecule has 0 aliphatic heterocycles. The number of hydrogen-bond acceptors (Lipinski definition) is 2. The van der Waals surface area contributed by atoms with Crippen LogP contribution in [-0.4, -0.2) is 0 Å². The molecule has 0 heterocycles. The lowest BCUT2D eigenvalue weighted by molar-refractivity contribution is 0.348. The normalized spacial score (nSPS) is 31.1. The van der Waals surface area contributed by atoms with Crippen LogP contribution in [0.1, 0.15) is 78.1 Å². The fourth-order valence-corrected chi connectivity index (χ4v) is 6.44. The topological polar surface area (TPSA) is 47.6 Å². The highest BCUT2D eigenvalue weighted by Gasteiger charge is 2.35. The van der Waals surface area contributed by atoms with Gasteiger partial charge in [-0.05, 0) is 98.3 Å². The van der Waals surface area contributed by atoms with Gasteiger partial charge in [0.1, 0.15) is 17.7 Å². The van der Waals surface area contributed by atoms with Crippen LogP contribution in [0, 0.1) is 46.3 Å². The Hall–Kier alpha value is -2.32. The maximum absolute atomic E-state index is 9.44. The van der Waals surface area contributed by atoms with Crippen molar-refractivity contribution in [2.75, 3.05) is 0 Å². The first kappa shape index (κ1) is 20.9. The molecule has 2 saturated carbocycles. The van der Waals surface area contributed by atoms with Crippen molar-refractivity contribution in [2.24, 2.45) is 23.7 Å². The average Bonchev–Trinajstić information content (AvgIpc) is 3.09. The third-order valence-electron chi connectivity index (χ3n) is 7.90. The minimum atomic E-state index is 0.322. The van der Waals surface area contributed by atoms with Crippen LogP contribution in [0.2, 0.25) is 0 Å². The van der Waals surface area contributed by atoms with Crippen molar-refractivity contribution < 1.29 is 0 Å². The van der Waals surface area contributed by atoms with Crippen LogP contribution < -0.4 is 0 Å². The van der Waals surface area contributed by atoms with Gasteiger partial charge in [0.25, 0.3) is 0 Å². The fraction of sp³-hybridized carbons (Fsp3) is 0.571. The molecule has 0 spiro atoms. The molecule has 156 valence electrons. The molecule has 30 heavy (non-hydrogen) atoms. The highest BCUT2D eigenvalue weighted by Crippen LogP contribution is 2.46. The molecule has 0 amide bonds. The highest BCUT2D eigenvalue weighted by atomic mass is 14.4. The molecule has 4 aliphatic rings. The van der Waals surface area contributed by atoms with E-state index in [0.717, 1.165) is 30.3 Å². The van der Waals surface area contributed by atoms with Gasteiger partial charge in [-0.2, -0.15) is 10.5 Å². The van der Waals surface area contributed by atoms with Crippen molar-refractivity contribution in [3.8, 4) is 12.1 Å². The van der Waals surface area contributed by atoms with Crippen LogP contribution in [-0.2, 0) is 0 Å². The van der Waals surface area contributed by atoms with E-state index < -0.39 is 0 Å². The van der Waals surface area contributed by atoms with Crippen molar-refractivity contribution in [2.45, 2.75) is 78.1 Å². The van der Waals surface area contributed by atoms with Gasteiger partial charge in [0.15, 0.2) is 0 Å². The Morgan fingerprint density at radius 2 is 1.30 bits per heavy atom. The van der Waals surface area contributed by atoms with Gasteiger partial charge in [-0.3, -0.25) is 0 Å². The zero-order valence-corrected chi connectivity index (χ0v) is 18.6. The summed E-state index contributed by atoms with van der Waals surface area (Å²) in [5, 5.41) is 18.9. The number of nitriles is 2. The van der Waals surface area contributed by atoms with Crippen molar-refractivity contribution in [3.63, 3.8) is 0 Å². The molecule has 2 fully saturated rings. The molecule has 0 bridgehead atoms. The summed E-state index contributed by atoms with van der Waals surface area (Å²) in [6, 6.07) is 4.30. The van der Waals surface area contributed by atoms with E-state index in [-0.39, 0.29) is 0 Å². The van der Waals surface area contributed by atoms with Crippen molar-refractivity contribution >= 4 is 0 Å². The summed E-state index contributed by atoms with van der Waals surface area (Å²) in [6.07, 6.45) is 21.9. The Kier molecular flexibility index (Phi) is 6.43. The maximum Gasteiger partial charge on any atom is 0.133 e. The fourth-order valence-electron chi connectivity index (χ4n) is 6.44. The van der Waals surface area contributed by atoms with E-state index in [1.165, 1.54) is 68.1 Å². The second kappa shape index (κ2) is 9.22. The standard InChI is InChI=1S/C28H34N2/c1-19(2)27-15-20(13-22-7-4-3-5-9-25(22)27)11-12-21-14-23-8-6-10-26(23)28(16-21)24(17-29)18-30/h11-12,15-16,22-23,25-26H,3-10,13-14H2,1-2H3/b12-11+. The molecular formula is C28H34N2. The van der Waals surface area contributed by atoms with Gasteiger partial charge in [0.2, 0.25) is 0 Å². The number of rotatable bonds is 2. The van der Waals surface area contributed by atoms with E-state index in [1.807, 2.05) is 0 Å². The van der Waals surface area contributed by atoms with E-state index in [9.17, 15) is 10.5 Å². The Morgan fingerprint density at radius 3 is 1.93 bits per heavy atom. The molecule has 2 heteroatoms. The summed E-state index contributed by atoms with van der Waals surface area (Å²) < 4.78 is 0. The Balaban J connectivity index is 1.62. The van der Waals surface area contributed by atoms with E-state index in [4.69, 9.17) is 0 Å². The molecule has 4 unspecified atom stereocenters. The van der Waals surface area contributed by atoms with E-state index in [0.29, 0.717) is 17.4 Å². The van der Waals surface area contributed by atoms with Crippen LogP contribution >= 0.6 is 0 Å². The summed E-state index contributed by atoms with van der Waals surface area (Å²) >= 11 is 0. The second-order valence-corrected chi connectivity index (χ2v) is 9.99. The third kappa shape index (κ3) is 4.25. The zero-order valence-electron chi connectivity index (χ0n) is 18.6. The number of hydrogen-bond donors (Lipinski definition) is 0. The summed E-state index contributed by atoms with van der Waals surface area (Å²) in [4.78, 5) is 0. The lowest BCUT2D eigenvalue weighted by Gasteiger charge is -2.32. The predicted octanol–water partition coefficient (Wildman–Crippen LogP) is 7.50. The lowest BCUT2D eigenvalue weighted by Crippen LogP contribution is -2.20. The molecule has 0 radical (unpaired) electrons. The SMILES string of the molecule is CC(C)=C1C=C(/C=C/C2=CC(=C(C#N)C#N)C3CCCC3C2)CC2CCCCCC12. The molecular weight excluding hydrogens is 364 g/mol. The van der Waals surface area contributed by atoms with Crippen LogP contribution in [0.5, 0.6) is 0 Å². The van der Waals surface area contributed by atoms with Crippen LogP contribution in [0.3, 0.4) is 0 Å². The summed E-state index contributed by atoms with van der Waals surface area (Å²) in [7, 11) is 0. The predicted molar refractivity (Wildman–Crippen MR) is 122 cm³/mol. The Bertz CT molecular complexity index is 905. The molecule has 0 aromatic rings. The van der Waals surface area contributed by atoms with Crippen molar-refractivity contribution in [1.29, 1.82) is 10.5 Å². The van der Waals surface area contributed by atoms with Crippen molar-refractivity contribution in [3.05, 3.63) is 57.7 Å². The van der Waals surface area contributed by atoms with Gasteiger partial charge in [-0.25, -0.2) is 0 Å². The van der Waals surface area contributed by atoms with Gasteiger partial charge in [-0.15, -0.1) is 0 Å². The molecule has 0 aromatic heterocycles. The van der Waals surface area contributed by atoms with Gasteiger partial charge >= 0.3 is 0 Å².